The zero-order chi connectivity index (χ0) is 12.8. The third-order valence-corrected chi connectivity index (χ3v) is 3.22. The lowest BCUT2D eigenvalue weighted by Gasteiger charge is -2.18. The Morgan fingerprint density at radius 3 is 2.24 bits per heavy atom. The number of benzene rings is 1. The van der Waals surface area contributed by atoms with E-state index in [4.69, 9.17) is 4.74 Å². The average Bonchev–Trinajstić information content (AvgIpc) is 2.27. The number of nitrogens with one attached hydrogen (secondary N) is 1. The molecule has 2 nitrogen and oxygen atoms in total. The molecule has 1 atom stereocenters. The van der Waals surface area contributed by atoms with Crippen molar-refractivity contribution in [1.82, 2.24) is 5.32 Å². The normalized spacial score (nSPS) is 12.8. The Hall–Kier alpha value is -1.02. The van der Waals surface area contributed by atoms with E-state index in [0.717, 1.165) is 18.9 Å². The quantitative estimate of drug-likeness (QED) is 0.764. The number of rotatable bonds is 6. The van der Waals surface area contributed by atoms with Crippen LogP contribution in [0.15, 0.2) is 18.2 Å². The van der Waals surface area contributed by atoms with E-state index >= 15 is 0 Å². The Morgan fingerprint density at radius 1 is 1.12 bits per heavy atom. The van der Waals surface area contributed by atoms with Crippen LogP contribution in [-0.2, 0) is 0 Å². The molecule has 96 valence electrons. The third kappa shape index (κ3) is 4.39. The van der Waals surface area contributed by atoms with Crippen LogP contribution in [0, 0.1) is 19.8 Å². The van der Waals surface area contributed by atoms with Gasteiger partial charge in [0.05, 0.1) is 0 Å². The first-order valence-electron chi connectivity index (χ1n) is 6.44. The molecule has 0 radical (unpaired) electrons. The molecule has 0 heterocycles. The molecule has 0 bridgehead atoms. The van der Waals surface area contributed by atoms with Crippen molar-refractivity contribution in [2.24, 2.45) is 5.92 Å². The standard InChI is InChI=1S/C15H25NO/c1-11(2)14(5)16-9-10-17-15-12(3)7-6-8-13(15)4/h6-8,11,14,16H,9-10H2,1-5H3. The zero-order valence-electron chi connectivity index (χ0n) is 11.7. The van der Waals surface area contributed by atoms with Gasteiger partial charge in [-0.05, 0) is 37.8 Å². The first-order chi connectivity index (χ1) is 8.02. The van der Waals surface area contributed by atoms with Crippen LogP contribution >= 0.6 is 0 Å². The Morgan fingerprint density at radius 2 is 1.71 bits per heavy atom. The minimum Gasteiger partial charge on any atom is -0.492 e. The highest BCUT2D eigenvalue weighted by Crippen LogP contribution is 2.21. The van der Waals surface area contributed by atoms with Gasteiger partial charge < -0.3 is 10.1 Å². The van der Waals surface area contributed by atoms with Crippen LogP contribution < -0.4 is 10.1 Å². The first kappa shape index (κ1) is 14.0. The van der Waals surface area contributed by atoms with Crippen LogP contribution in [0.25, 0.3) is 0 Å². The monoisotopic (exact) mass is 235 g/mol. The maximum Gasteiger partial charge on any atom is 0.125 e. The van der Waals surface area contributed by atoms with Crippen molar-refractivity contribution in [1.29, 1.82) is 0 Å². The molecule has 1 unspecified atom stereocenters. The lowest BCUT2D eigenvalue weighted by atomic mass is 10.1. The Kier molecular flexibility index (Phi) is 5.49. The van der Waals surface area contributed by atoms with Crippen LogP contribution in [0.1, 0.15) is 31.9 Å². The maximum absolute atomic E-state index is 5.84. The molecule has 17 heavy (non-hydrogen) atoms. The van der Waals surface area contributed by atoms with E-state index in [0.29, 0.717) is 12.0 Å². The summed E-state index contributed by atoms with van der Waals surface area (Å²) in [5.74, 6) is 1.70. The molecule has 0 saturated heterocycles. The second-order valence-corrected chi connectivity index (χ2v) is 5.06. The summed E-state index contributed by atoms with van der Waals surface area (Å²) in [6.45, 7) is 12.5. The summed E-state index contributed by atoms with van der Waals surface area (Å²) in [5.41, 5.74) is 2.42. The molecule has 0 saturated carbocycles. The van der Waals surface area contributed by atoms with Crippen molar-refractivity contribution < 1.29 is 4.74 Å². The van der Waals surface area contributed by atoms with E-state index in [1.165, 1.54) is 11.1 Å². The predicted molar refractivity (Wildman–Crippen MR) is 73.7 cm³/mol. The highest BCUT2D eigenvalue weighted by atomic mass is 16.5. The van der Waals surface area contributed by atoms with Crippen LogP contribution in [0.3, 0.4) is 0 Å². The molecule has 1 N–H and O–H groups in total. The first-order valence-corrected chi connectivity index (χ1v) is 6.44. The molecule has 1 aromatic carbocycles. The van der Waals surface area contributed by atoms with Gasteiger partial charge >= 0.3 is 0 Å². The van der Waals surface area contributed by atoms with E-state index in [9.17, 15) is 0 Å². The fourth-order valence-corrected chi connectivity index (χ4v) is 1.70. The summed E-state index contributed by atoms with van der Waals surface area (Å²) in [6.07, 6.45) is 0. The SMILES string of the molecule is Cc1cccc(C)c1OCCNC(C)C(C)C. The van der Waals surface area contributed by atoms with Crippen molar-refractivity contribution in [3.05, 3.63) is 29.3 Å². The largest absolute Gasteiger partial charge is 0.492 e. The fraction of sp³-hybridized carbons (Fsp3) is 0.600. The molecule has 0 aliphatic carbocycles. The van der Waals surface area contributed by atoms with Gasteiger partial charge in [-0.15, -0.1) is 0 Å². The van der Waals surface area contributed by atoms with Gasteiger partial charge in [-0.1, -0.05) is 32.0 Å². The highest BCUT2D eigenvalue weighted by molar-refractivity contribution is 5.39. The predicted octanol–water partition coefficient (Wildman–Crippen LogP) is 3.32. The molecule has 0 aliphatic heterocycles. The minimum atomic E-state index is 0.538. The summed E-state index contributed by atoms with van der Waals surface area (Å²) in [6, 6.07) is 6.78. The van der Waals surface area contributed by atoms with E-state index in [1.54, 1.807) is 0 Å². The Bertz CT molecular complexity index is 327. The minimum absolute atomic E-state index is 0.538. The topological polar surface area (TPSA) is 21.3 Å². The van der Waals surface area contributed by atoms with Crippen LogP contribution in [0.5, 0.6) is 5.75 Å². The summed E-state index contributed by atoms with van der Waals surface area (Å²) in [5, 5.41) is 3.47. The molecule has 2 heteroatoms. The third-order valence-electron chi connectivity index (χ3n) is 3.22. The van der Waals surface area contributed by atoms with Gasteiger partial charge in [0.2, 0.25) is 0 Å². The van der Waals surface area contributed by atoms with Crippen LogP contribution in [0.4, 0.5) is 0 Å². The van der Waals surface area contributed by atoms with Gasteiger partial charge in [0.15, 0.2) is 0 Å². The van der Waals surface area contributed by atoms with E-state index in [2.05, 4.69) is 58.1 Å². The van der Waals surface area contributed by atoms with Crippen molar-refractivity contribution in [2.45, 2.75) is 40.7 Å². The fourth-order valence-electron chi connectivity index (χ4n) is 1.70. The number of hydrogen-bond acceptors (Lipinski definition) is 2. The van der Waals surface area contributed by atoms with E-state index in [-0.39, 0.29) is 0 Å². The van der Waals surface area contributed by atoms with Gasteiger partial charge in [0.1, 0.15) is 12.4 Å². The van der Waals surface area contributed by atoms with E-state index in [1.807, 2.05) is 0 Å². The second kappa shape index (κ2) is 6.65. The van der Waals surface area contributed by atoms with E-state index < -0.39 is 0 Å². The van der Waals surface area contributed by atoms with Crippen LogP contribution in [-0.4, -0.2) is 19.2 Å². The van der Waals surface area contributed by atoms with Crippen molar-refractivity contribution in [3.8, 4) is 5.75 Å². The summed E-state index contributed by atoms with van der Waals surface area (Å²) < 4.78 is 5.84. The van der Waals surface area contributed by atoms with Crippen molar-refractivity contribution >= 4 is 0 Å². The van der Waals surface area contributed by atoms with Crippen molar-refractivity contribution in [3.63, 3.8) is 0 Å². The molecule has 0 aliphatic rings. The number of aryl methyl sites for hydroxylation is 2. The molecule has 0 amide bonds. The lowest BCUT2D eigenvalue weighted by Crippen LogP contribution is -2.34. The average molecular weight is 235 g/mol. The molecule has 1 aromatic rings. The molecule has 1 rings (SSSR count). The molecule has 0 spiro atoms. The Balaban J connectivity index is 2.36. The highest BCUT2D eigenvalue weighted by Gasteiger charge is 2.06. The molecule has 0 aromatic heterocycles. The van der Waals surface area contributed by atoms with Gasteiger partial charge in [0.25, 0.3) is 0 Å². The second-order valence-electron chi connectivity index (χ2n) is 5.06. The summed E-state index contributed by atoms with van der Waals surface area (Å²) in [7, 11) is 0. The van der Waals surface area contributed by atoms with Crippen molar-refractivity contribution in [2.75, 3.05) is 13.2 Å². The van der Waals surface area contributed by atoms with Gasteiger partial charge in [-0.3, -0.25) is 0 Å². The van der Waals surface area contributed by atoms with Crippen LogP contribution in [0.2, 0.25) is 0 Å². The number of para-hydroxylation sites is 1. The smallest absolute Gasteiger partial charge is 0.125 e. The zero-order valence-corrected chi connectivity index (χ0v) is 11.7. The molecule has 0 fully saturated rings. The van der Waals surface area contributed by atoms with Gasteiger partial charge in [-0.25, -0.2) is 0 Å². The van der Waals surface area contributed by atoms with Gasteiger partial charge in [-0.2, -0.15) is 0 Å². The summed E-state index contributed by atoms with van der Waals surface area (Å²) >= 11 is 0. The number of ether oxygens (including phenoxy) is 1. The molecular formula is C15H25NO. The van der Waals surface area contributed by atoms with Gasteiger partial charge in [0, 0.05) is 12.6 Å². The maximum atomic E-state index is 5.84. The lowest BCUT2D eigenvalue weighted by molar-refractivity contribution is 0.293. The number of hydrogen-bond donors (Lipinski definition) is 1. The molecular weight excluding hydrogens is 210 g/mol. The summed E-state index contributed by atoms with van der Waals surface area (Å²) in [4.78, 5) is 0. The Labute approximate surface area is 105 Å².